The van der Waals surface area contributed by atoms with Crippen LogP contribution in [0.5, 0.6) is 0 Å². The van der Waals surface area contributed by atoms with E-state index in [1.165, 1.54) is 39.2 Å². The van der Waals surface area contributed by atoms with Crippen LogP contribution >= 0.6 is 0 Å². The van der Waals surface area contributed by atoms with Gasteiger partial charge in [-0.3, -0.25) is 5.10 Å². The Kier molecular flexibility index (Phi) is 5.01. The van der Waals surface area contributed by atoms with Crippen molar-refractivity contribution < 1.29 is 8.42 Å². The molecular weight excluding hydrogens is 324 g/mol. The van der Waals surface area contributed by atoms with Crippen LogP contribution in [0.3, 0.4) is 0 Å². The molecule has 7 heteroatoms. The number of H-pyrrole nitrogens is 1. The van der Waals surface area contributed by atoms with E-state index in [4.69, 9.17) is 0 Å². The van der Waals surface area contributed by atoms with Crippen molar-refractivity contribution in [1.29, 1.82) is 0 Å². The molecule has 2 aromatic rings. The highest BCUT2D eigenvalue weighted by Gasteiger charge is 2.20. The summed E-state index contributed by atoms with van der Waals surface area (Å²) in [5, 5.41) is 7.08. The summed E-state index contributed by atoms with van der Waals surface area (Å²) in [6.45, 7) is 1.84. The van der Waals surface area contributed by atoms with E-state index in [1.54, 1.807) is 12.1 Å². The van der Waals surface area contributed by atoms with Crippen LogP contribution in [0, 0.1) is 12.8 Å². The molecule has 6 nitrogen and oxygen atoms in total. The van der Waals surface area contributed by atoms with Gasteiger partial charge in [0.05, 0.1) is 4.90 Å². The molecule has 1 aromatic carbocycles. The van der Waals surface area contributed by atoms with Crippen LogP contribution in [0.2, 0.25) is 0 Å². The zero-order valence-electron chi connectivity index (χ0n) is 14.2. The van der Waals surface area contributed by atoms with Gasteiger partial charge in [-0.2, -0.15) is 5.10 Å². The minimum atomic E-state index is -3.49. The molecule has 0 amide bonds. The van der Waals surface area contributed by atoms with Gasteiger partial charge in [-0.25, -0.2) is 18.1 Å². The first-order chi connectivity index (χ1) is 11.5. The van der Waals surface area contributed by atoms with E-state index in [-0.39, 0.29) is 4.90 Å². The smallest absolute Gasteiger partial charge is 0.240 e. The van der Waals surface area contributed by atoms with E-state index in [2.05, 4.69) is 19.9 Å². The number of aromatic nitrogens is 3. The standard InChI is InChI=1S/C17H24N4O2S/c1-12-19-17(21-20-12)16-11-15(24(22,23)18-2)9-8-14(16)10-13-6-4-3-5-7-13/h8-9,11,13,18H,3-7,10H2,1-2H3,(H,19,20,21). The second kappa shape index (κ2) is 7.03. The number of benzene rings is 1. The number of aryl methyl sites for hydroxylation is 1. The summed E-state index contributed by atoms with van der Waals surface area (Å²) in [6.07, 6.45) is 7.32. The summed E-state index contributed by atoms with van der Waals surface area (Å²) < 4.78 is 26.6. The van der Waals surface area contributed by atoms with Crippen molar-refractivity contribution in [2.24, 2.45) is 5.92 Å². The molecule has 1 saturated carbocycles. The minimum absolute atomic E-state index is 0.245. The molecule has 0 aliphatic heterocycles. The highest BCUT2D eigenvalue weighted by atomic mass is 32.2. The monoisotopic (exact) mass is 348 g/mol. The van der Waals surface area contributed by atoms with Crippen LogP contribution in [0.25, 0.3) is 11.4 Å². The van der Waals surface area contributed by atoms with Gasteiger partial charge in [0.15, 0.2) is 5.82 Å². The maximum Gasteiger partial charge on any atom is 0.240 e. The van der Waals surface area contributed by atoms with Gasteiger partial charge in [0.1, 0.15) is 5.82 Å². The predicted molar refractivity (Wildman–Crippen MR) is 93.1 cm³/mol. The van der Waals surface area contributed by atoms with Crippen LogP contribution in [-0.4, -0.2) is 30.6 Å². The van der Waals surface area contributed by atoms with E-state index in [0.29, 0.717) is 11.7 Å². The Bertz CT molecular complexity index is 808. The van der Waals surface area contributed by atoms with Gasteiger partial charge in [-0.1, -0.05) is 38.2 Å². The van der Waals surface area contributed by atoms with Gasteiger partial charge in [-0.05, 0) is 44.0 Å². The van der Waals surface area contributed by atoms with E-state index in [0.717, 1.165) is 23.4 Å². The summed E-state index contributed by atoms with van der Waals surface area (Å²) in [5.41, 5.74) is 1.93. The summed E-state index contributed by atoms with van der Waals surface area (Å²) in [5.74, 6) is 1.94. The average Bonchev–Trinajstić information content (AvgIpc) is 3.02. The fourth-order valence-electron chi connectivity index (χ4n) is 3.39. The summed E-state index contributed by atoms with van der Waals surface area (Å²) in [7, 11) is -2.07. The molecule has 0 bridgehead atoms. The molecule has 1 aromatic heterocycles. The lowest BCUT2D eigenvalue weighted by Crippen LogP contribution is -2.19. The molecule has 3 rings (SSSR count). The zero-order valence-corrected chi connectivity index (χ0v) is 15.0. The lowest BCUT2D eigenvalue weighted by molar-refractivity contribution is 0.357. The van der Waals surface area contributed by atoms with E-state index < -0.39 is 10.0 Å². The topological polar surface area (TPSA) is 87.7 Å². The number of hydrogen-bond donors (Lipinski definition) is 2. The SMILES string of the molecule is CNS(=O)(=O)c1ccc(CC2CCCCC2)c(-c2n[nH]c(C)n2)c1. The Morgan fingerprint density at radius 2 is 2.00 bits per heavy atom. The quantitative estimate of drug-likeness (QED) is 0.870. The molecule has 24 heavy (non-hydrogen) atoms. The van der Waals surface area contributed by atoms with Crippen LogP contribution in [0.15, 0.2) is 23.1 Å². The maximum atomic E-state index is 12.1. The fraction of sp³-hybridized carbons (Fsp3) is 0.529. The summed E-state index contributed by atoms with van der Waals surface area (Å²) in [6, 6.07) is 5.28. The molecule has 1 fully saturated rings. The van der Waals surface area contributed by atoms with Crippen molar-refractivity contribution in [3.05, 3.63) is 29.6 Å². The largest absolute Gasteiger partial charge is 0.263 e. The highest BCUT2D eigenvalue weighted by Crippen LogP contribution is 2.31. The summed E-state index contributed by atoms with van der Waals surface area (Å²) in [4.78, 5) is 4.65. The van der Waals surface area contributed by atoms with Crippen molar-refractivity contribution in [2.75, 3.05) is 7.05 Å². The predicted octanol–water partition coefficient (Wildman–Crippen LogP) is 2.81. The van der Waals surface area contributed by atoms with Crippen molar-refractivity contribution in [2.45, 2.75) is 50.3 Å². The van der Waals surface area contributed by atoms with Crippen LogP contribution in [-0.2, 0) is 16.4 Å². The van der Waals surface area contributed by atoms with Gasteiger partial charge < -0.3 is 0 Å². The lowest BCUT2D eigenvalue weighted by atomic mass is 9.84. The summed E-state index contributed by atoms with van der Waals surface area (Å²) >= 11 is 0. The van der Waals surface area contributed by atoms with Crippen molar-refractivity contribution in [1.82, 2.24) is 19.9 Å². The molecule has 130 valence electrons. The number of nitrogens with one attached hydrogen (secondary N) is 2. The lowest BCUT2D eigenvalue weighted by Gasteiger charge is -2.22. The van der Waals surface area contributed by atoms with Crippen molar-refractivity contribution >= 4 is 10.0 Å². The van der Waals surface area contributed by atoms with Crippen LogP contribution in [0.4, 0.5) is 0 Å². The Morgan fingerprint density at radius 1 is 1.25 bits per heavy atom. The Hall–Kier alpha value is -1.73. The van der Waals surface area contributed by atoms with Gasteiger partial charge >= 0.3 is 0 Å². The molecule has 0 radical (unpaired) electrons. The third-order valence-corrected chi connectivity index (χ3v) is 6.14. The number of rotatable bonds is 5. The first kappa shape index (κ1) is 17.1. The van der Waals surface area contributed by atoms with Gasteiger partial charge in [0, 0.05) is 5.56 Å². The molecule has 0 spiro atoms. The second-order valence-electron chi connectivity index (χ2n) is 6.48. The van der Waals surface area contributed by atoms with Crippen molar-refractivity contribution in [3.8, 4) is 11.4 Å². The number of sulfonamides is 1. The highest BCUT2D eigenvalue weighted by molar-refractivity contribution is 7.89. The fourth-order valence-corrected chi connectivity index (χ4v) is 4.15. The molecule has 0 atom stereocenters. The normalized spacial score (nSPS) is 16.4. The van der Waals surface area contributed by atoms with Crippen LogP contribution < -0.4 is 4.72 Å². The number of hydrogen-bond acceptors (Lipinski definition) is 4. The van der Waals surface area contributed by atoms with E-state index in [1.807, 2.05) is 13.0 Å². The van der Waals surface area contributed by atoms with Crippen molar-refractivity contribution in [3.63, 3.8) is 0 Å². The first-order valence-corrected chi connectivity index (χ1v) is 9.94. The minimum Gasteiger partial charge on any atom is -0.263 e. The molecular formula is C17H24N4O2S. The third-order valence-electron chi connectivity index (χ3n) is 4.73. The van der Waals surface area contributed by atoms with E-state index >= 15 is 0 Å². The molecule has 0 unspecified atom stereocenters. The molecule has 1 heterocycles. The van der Waals surface area contributed by atoms with Crippen LogP contribution in [0.1, 0.15) is 43.5 Å². The first-order valence-electron chi connectivity index (χ1n) is 8.45. The number of nitrogens with zero attached hydrogens (tertiary/aromatic N) is 2. The third kappa shape index (κ3) is 3.67. The molecule has 1 aliphatic rings. The van der Waals surface area contributed by atoms with Gasteiger partial charge in [0.25, 0.3) is 0 Å². The average molecular weight is 348 g/mol. The number of aromatic amines is 1. The Morgan fingerprint density at radius 3 is 2.62 bits per heavy atom. The molecule has 1 aliphatic carbocycles. The molecule has 2 N–H and O–H groups in total. The Labute approximate surface area is 143 Å². The maximum absolute atomic E-state index is 12.1. The zero-order chi connectivity index (χ0) is 17.2. The van der Waals surface area contributed by atoms with Gasteiger partial charge in [-0.15, -0.1) is 0 Å². The van der Waals surface area contributed by atoms with E-state index in [9.17, 15) is 8.42 Å². The van der Waals surface area contributed by atoms with Gasteiger partial charge in [0.2, 0.25) is 10.0 Å². The molecule has 0 saturated heterocycles. The Balaban J connectivity index is 2.00. The second-order valence-corrected chi connectivity index (χ2v) is 8.37.